The van der Waals surface area contributed by atoms with Crippen LogP contribution in [0, 0.1) is 17.5 Å². The molecule has 1 saturated heterocycles. The van der Waals surface area contributed by atoms with Crippen LogP contribution in [0.2, 0.25) is 0 Å². The first kappa shape index (κ1) is 35.4. The quantitative estimate of drug-likeness (QED) is 0.162. The van der Waals surface area contributed by atoms with Crippen molar-refractivity contribution in [1.82, 2.24) is 14.7 Å². The number of aryl methyl sites for hydroxylation is 1. The van der Waals surface area contributed by atoms with Crippen LogP contribution < -0.4 is 14.2 Å². The summed E-state index contributed by atoms with van der Waals surface area (Å²) in [5.41, 5.74) is 2.48. The van der Waals surface area contributed by atoms with Gasteiger partial charge in [0.15, 0.2) is 17.4 Å². The van der Waals surface area contributed by atoms with E-state index in [9.17, 15) is 37.8 Å². The number of rotatable bonds is 13. The van der Waals surface area contributed by atoms with Crippen molar-refractivity contribution in [3.8, 4) is 17.2 Å². The van der Waals surface area contributed by atoms with E-state index in [0.29, 0.717) is 41.5 Å². The Bertz CT molecular complexity index is 1800. The molecule has 2 fully saturated rings. The minimum Gasteiger partial charge on any atom is -0.497 e. The van der Waals surface area contributed by atoms with E-state index in [1.807, 2.05) is 24.3 Å². The fourth-order valence-corrected chi connectivity index (χ4v) is 6.79. The van der Waals surface area contributed by atoms with Gasteiger partial charge in [-0.2, -0.15) is 4.39 Å². The van der Waals surface area contributed by atoms with E-state index >= 15 is 0 Å². The van der Waals surface area contributed by atoms with Gasteiger partial charge in [0.1, 0.15) is 18.1 Å². The zero-order chi connectivity index (χ0) is 36.2. The molecule has 6 rings (SSSR count). The Morgan fingerprint density at radius 3 is 2.18 bits per heavy atom. The predicted molar refractivity (Wildman–Crippen MR) is 178 cm³/mol. The molecule has 0 radical (unpaired) electrons. The minimum absolute atomic E-state index is 0.0320. The van der Waals surface area contributed by atoms with Crippen molar-refractivity contribution in [3.05, 3.63) is 94.8 Å². The number of carbonyl (C=O) groups excluding carboxylic acids is 1. The molecule has 14 heteroatoms. The van der Waals surface area contributed by atoms with Gasteiger partial charge in [0, 0.05) is 24.7 Å². The lowest BCUT2D eigenvalue weighted by atomic mass is 9.81. The summed E-state index contributed by atoms with van der Waals surface area (Å²) in [4.78, 5) is 43.3. The second kappa shape index (κ2) is 15.2. The SMILES string of the molecule is COc1ccc(OCCN(C(=O)C2=C(c3ccc(CCCOc4c(F)ccc(F)c4F)cc3)CC3CN(C(=O)O)CC2N3C(=O)O)C2CC2)cc1. The van der Waals surface area contributed by atoms with E-state index < -0.39 is 47.5 Å². The second-order valence-electron chi connectivity index (χ2n) is 12.7. The van der Waals surface area contributed by atoms with Crippen molar-refractivity contribution in [3.63, 3.8) is 0 Å². The Hall–Kier alpha value is -5.40. The van der Waals surface area contributed by atoms with E-state index in [1.165, 1.54) is 9.80 Å². The van der Waals surface area contributed by atoms with Crippen LogP contribution >= 0.6 is 0 Å². The summed E-state index contributed by atoms with van der Waals surface area (Å²) in [6, 6.07) is 14.1. The normalized spacial score (nSPS) is 18.4. The first-order valence-electron chi connectivity index (χ1n) is 16.7. The highest BCUT2D eigenvalue weighted by atomic mass is 19.2. The summed E-state index contributed by atoms with van der Waals surface area (Å²) in [5.74, 6) is -3.42. The van der Waals surface area contributed by atoms with Gasteiger partial charge in [0.25, 0.3) is 5.91 Å². The molecule has 2 aliphatic heterocycles. The van der Waals surface area contributed by atoms with Gasteiger partial charge in [-0.3, -0.25) is 9.69 Å². The monoisotopic (exact) mass is 709 g/mol. The summed E-state index contributed by atoms with van der Waals surface area (Å²) in [7, 11) is 1.57. The average Bonchev–Trinajstić information content (AvgIpc) is 3.96. The molecule has 2 atom stereocenters. The molecular weight excluding hydrogens is 671 g/mol. The minimum atomic E-state index is -1.38. The van der Waals surface area contributed by atoms with Gasteiger partial charge in [-0.05, 0) is 85.2 Å². The third kappa shape index (κ3) is 7.84. The first-order chi connectivity index (χ1) is 24.5. The van der Waals surface area contributed by atoms with E-state index in [1.54, 1.807) is 36.3 Å². The van der Waals surface area contributed by atoms with Crippen LogP contribution in [-0.2, 0) is 11.2 Å². The molecule has 0 spiro atoms. The Kier molecular flexibility index (Phi) is 10.6. The van der Waals surface area contributed by atoms with Gasteiger partial charge in [-0.15, -0.1) is 0 Å². The molecule has 0 aromatic heterocycles. The summed E-state index contributed by atoms with van der Waals surface area (Å²) < 4.78 is 57.7. The fraction of sp³-hybridized carbons (Fsp3) is 0.378. The highest BCUT2D eigenvalue weighted by molar-refractivity contribution is 6.04. The smallest absolute Gasteiger partial charge is 0.408 e. The third-order valence-electron chi connectivity index (χ3n) is 9.44. The van der Waals surface area contributed by atoms with E-state index in [2.05, 4.69) is 0 Å². The molecule has 270 valence electrons. The molecule has 1 saturated carbocycles. The number of methoxy groups -OCH3 is 1. The van der Waals surface area contributed by atoms with Crippen molar-refractivity contribution in [2.75, 3.05) is 40.0 Å². The van der Waals surface area contributed by atoms with Gasteiger partial charge in [0.2, 0.25) is 5.82 Å². The number of piperazine rings is 1. The average molecular weight is 710 g/mol. The molecule has 2 heterocycles. The van der Waals surface area contributed by atoms with E-state index in [4.69, 9.17) is 14.2 Å². The van der Waals surface area contributed by atoms with Gasteiger partial charge in [0.05, 0.1) is 32.3 Å². The number of hydrogen-bond acceptors (Lipinski definition) is 6. The number of ether oxygens (including phenoxy) is 3. The molecule has 2 unspecified atom stereocenters. The number of hydrogen-bond donors (Lipinski definition) is 2. The van der Waals surface area contributed by atoms with Gasteiger partial charge < -0.3 is 34.2 Å². The molecule has 3 aliphatic rings. The topological polar surface area (TPSA) is 129 Å². The Morgan fingerprint density at radius 1 is 0.843 bits per heavy atom. The lowest BCUT2D eigenvalue weighted by Crippen LogP contribution is -2.65. The standard InChI is InChI=1S/C37H38F3N3O8/c1-49-26-10-12-27(13-11-26)50-18-16-42(24-8-9-24)35(44)32-28(19-25-20-41(36(45)46)21-31(32)43(25)37(47)48)23-6-4-22(5-7-23)3-2-17-51-34-30(39)15-14-29(38)33(34)40/h4-7,10-15,24-25,31H,2-3,8-9,16-21H2,1H3,(H,45,46)(H,47,48). The number of benzene rings is 3. The van der Waals surface area contributed by atoms with Crippen molar-refractivity contribution in [2.24, 2.45) is 0 Å². The number of halogens is 3. The molecule has 51 heavy (non-hydrogen) atoms. The summed E-state index contributed by atoms with van der Waals surface area (Å²) >= 11 is 0. The highest BCUT2D eigenvalue weighted by Gasteiger charge is 2.49. The molecule has 3 aromatic rings. The maximum absolute atomic E-state index is 14.6. The molecular formula is C37H38F3N3O8. The first-order valence-corrected chi connectivity index (χ1v) is 16.7. The van der Waals surface area contributed by atoms with E-state index in [0.717, 1.165) is 24.5 Å². The van der Waals surface area contributed by atoms with Crippen LogP contribution in [0.5, 0.6) is 17.2 Å². The van der Waals surface area contributed by atoms with Crippen molar-refractivity contribution in [1.29, 1.82) is 0 Å². The lowest BCUT2D eigenvalue weighted by Gasteiger charge is -2.49. The molecule has 1 aliphatic carbocycles. The number of carboxylic acid groups (broad SMARTS) is 2. The molecule has 2 N–H and O–H groups in total. The van der Waals surface area contributed by atoms with Gasteiger partial charge in [-0.1, -0.05) is 24.3 Å². The van der Waals surface area contributed by atoms with Crippen molar-refractivity contribution < 1.29 is 52.0 Å². The van der Waals surface area contributed by atoms with Gasteiger partial charge >= 0.3 is 12.2 Å². The van der Waals surface area contributed by atoms with Crippen molar-refractivity contribution in [2.45, 2.75) is 50.2 Å². The van der Waals surface area contributed by atoms with Crippen LogP contribution in [0.4, 0.5) is 22.8 Å². The van der Waals surface area contributed by atoms with Crippen LogP contribution in [0.25, 0.3) is 5.57 Å². The van der Waals surface area contributed by atoms with Crippen LogP contribution in [0.1, 0.15) is 36.8 Å². The zero-order valence-electron chi connectivity index (χ0n) is 27.9. The van der Waals surface area contributed by atoms with E-state index in [-0.39, 0.29) is 56.8 Å². The Balaban J connectivity index is 1.24. The predicted octanol–water partition coefficient (Wildman–Crippen LogP) is 6.06. The molecule has 2 bridgehead atoms. The number of amides is 3. The summed E-state index contributed by atoms with van der Waals surface area (Å²) in [6.45, 7) is 0.147. The molecule has 11 nitrogen and oxygen atoms in total. The van der Waals surface area contributed by atoms with Gasteiger partial charge in [-0.25, -0.2) is 18.4 Å². The summed E-state index contributed by atoms with van der Waals surface area (Å²) in [6.07, 6.45) is 0.129. The zero-order valence-corrected chi connectivity index (χ0v) is 27.9. The summed E-state index contributed by atoms with van der Waals surface area (Å²) in [5, 5.41) is 20.1. The third-order valence-corrected chi connectivity index (χ3v) is 9.44. The lowest BCUT2D eigenvalue weighted by molar-refractivity contribution is -0.129. The maximum Gasteiger partial charge on any atom is 0.408 e. The Labute approximate surface area is 292 Å². The molecule has 3 aromatic carbocycles. The maximum atomic E-state index is 14.6. The fourth-order valence-electron chi connectivity index (χ4n) is 6.79. The molecule has 3 amide bonds. The number of nitrogens with zero attached hydrogens (tertiary/aromatic N) is 3. The highest BCUT2D eigenvalue weighted by Crippen LogP contribution is 2.41. The van der Waals surface area contributed by atoms with Crippen LogP contribution in [0.3, 0.4) is 0 Å². The Morgan fingerprint density at radius 2 is 1.53 bits per heavy atom. The second-order valence-corrected chi connectivity index (χ2v) is 12.7. The van der Waals surface area contributed by atoms with Crippen LogP contribution in [0.15, 0.2) is 66.2 Å². The van der Waals surface area contributed by atoms with Crippen molar-refractivity contribution >= 4 is 23.7 Å². The largest absolute Gasteiger partial charge is 0.497 e. The number of carbonyl (C=O) groups is 3. The number of fused-ring (bicyclic) bond motifs is 2. The van der Waals surface area contributed by atoms with Crippen LogP contribution in [-0.4, -0.2) is 101 Å².